The van der Waals surface area contributed by atoms with Crippen molar-refractivity contribution in [3.05, 3.63) is 68.5 Å². The van der Waals surface area contributed by atoms with Gasteiger partial charge >= 0.3 is 5.69 Å². The number of nitrogens with one attached hydrogen (secondary N) is 1. The van der Waals surface area contributed by atoms with Crippen molar-refractivity contribution in [2.45, 2.75) is 39.9 Å². The molecule has 0 saturated heterocycles. The molecule has 2 heterocycles. The third-order valence-corrected chi connectivity index (χ3v) is 5.54. The summed E-state index contributed by atoms with van der Waals surface area (Å²) in [6.45, 7) is 5.24. The standard InChI is InChI=1S/C22H26FN8O2P/c1-12(2)28-11-18-20(31(26)17-7-15(23)19(34)8-16(17)25)21(32)30(22(33)29(18)5-4-24)14-6-13(3)9-27-10-14/h6-10,12,28H,5,11,25-26,34H2,1-3H3. The van der Waals surface area contributed by atoms with Gasteiger partial charge in [0.05, 0.1) is 35.0 Å². The average molecular weight is 484 g/mol. The Morgan fingerprint density at radius 2 is 2.00 bits per heavy atom. The fourth-order valence-corrected chi connectivity index (χ4v) is 3.71. The van der Waals surface area contributed by atoms with E-state index in [1.54, 1.807) is 19.2 Å². The number of hydrogen-bond acceptors (Lipinski definition) is 8. The Morgan fingerprint density at radius 1 is 1.29 bits per heavy atom. The van der Waals surface area contributed by atoms with Crippen molar-refractivity contribution in [2.75, 3.05) is 10.7 Å². The second-order valence-electron chi connectivity index (χ2n) is 8.02. The van der Waals surface area contributed by atoms with Crippen LogP contribution in [0.15, 0.2) is 40.2 Å². The summed E-state index contributed by atoms with van der Waals surface area (Å²) in [6.07, 6.45) is 2.94. The van der Waals surface area contributed by atoms with Gasteiger partial charge in [-0.3, -0.25) is 19.4 Å². The number of hydrazine groups is 1. The maximum absolute atomic E-state index is 14.4. The van der Waals surface area contributed by atoms with E-state index in [1.807, 2.05) is 19.9 Å². The monoisotopic (exact) mass is 484 g/mol. The van der Waals surface area contributed by atoms with Gasteiger partial charge in [0, 0.05) is 30.2 Å². The predicted octanol–water partition coefficient (Wildman–Crippen LogP) is 0.958. The van der Waals surface area contributed by atoms with E-state index in [1.165, 1.54) is 12.3 Å². The molecule has 178 valence electrons. The van der Waals surface area contributed by atoms with Crippen LogP contribution in [0.25, 0.3) is 5.69 Å². The van der Waals surface area contributed by atoms with E-state index in [4.69, 9.17) is 11.6 Å². The van der Waals surface area contributed by atoms with Crippen molar-refractivity contribution in [1.29, 1.82) is 5.26 Å². The Bertz CT molecular complexity index is 1390. The lowest BCUT2D eigenvalue weighted by Gasteiger charge is -2.26. The summed E-state index contributed by atoms with van der Waals surface area (Å²) in [6, 6.07) is 6.03. The zero-order chi connectivity index (χ0) is 25.2. The van der Waals surface area contributed by atoms with Crippen molar-refractivity contribution >= 4 is 31.6 Å². The van der Waals surface area contributed by atoms with E-state index >= 15 is 0 Å². The molecule has 3 aromatic rings. The van der Waals surface area contributed by atoms with Crippen LogP contribution in [0, 0.1) is 24.1 Å². The highest BCUT2D eigenvalue weighted by Crippen LogP contribution is 2.28. The van der Waals surface area contributed by atoms with E-state index in [0.29, 0.717) is 0 Å². The van der Waals surface area contributed by atoms with Crippen LogP contribution in [0.1, 0.15) is 25.1 Å². The number of aryl methyl sites for hydroxylation is 1. The first-order valence-corrected chi connectivity index (χ1v) is 10.9. The Kier molecular flexibility index (Phi) is 7.47. The normalized spacial score (nSPS) is 11.0. The number of benzene rings is 1. The van der Waals surface area contributed by atoms with Crippen molar-refractivity contribution < 1.29 is 4.39 Å². The van der Waals surface area contributed by atoms with Crippen molar-refractivity contribution in [3.63, 3.8) is 0 Å². The topological polar surface area (TPSA) is 148 Å². The molecule has 1 atom stereocenters. The summed E-state index contributed by atoms with van der Waals surface area (Å²) in [7, 11) is 2.23. The molecule has 5 N–H and O–H groups in total. The summed E-state index contributed by atoms with van der Waals surface area (Å²) in [4.78, 5) is 31.2. The van der Waals surface area contributed by atoms with Crippen molar-refractivity contribution in [3.8, 4) is 11.8 Å². The number of nitrogens with zero attached hydrogens (tertiary/aromatic N) is 5. The van der Waals surface area contributed by atoms with Crippen LogP contribution in [-0.4, -0.2) is 20.2 Å². The number of hydrogen-bond donors (Lipinski definition) is 3. The lowest BCUT2D eigenvalue weighted by molar-refractivity contribution is 0.547. The third-order valence-electron chi connectivity index (χ3n) is 5.10. The van der Waals surface area contributed by atoms with Gasteiger partial charge < -0.3 is 11.1 Å². The molecule has 0 spiro atoms. The van der Waals surface area contributed by atoms with Crippen molar-refractivity contribution in [2.24, 2.45) is 5.84 Å². The molecule has 0 aliphatic carbocycles. The molecular formula is C22H26FN8O2P. The Morgan fingerprint density at radius 3 is 2.62 bits per heavy atom. The first-order chi connectivity index (χ1) is 16.1. The Labute approximate surface area is 197 Å². The lowest BCUT2D eigenvalue weighted by atomic mass is 10.2. The number of rotatable bonds is 7. The minimum absolute atomic E-state index is 0.00738. The van der Waals surface area contributed by atoms with Crippen LogP contribution in [0.4, 0.5) is 21.5 Å². The van der Waals surface area contributed by atoms with Gasteiger partial charge in [0.15, 0.2) is 0 Å². The van der Waals surface area contributed by atoms with Gasteiger partial charge in [-0.05, 0) is 24.6 Å². The molecule has 0 aliphatic heterocycles. The summed E-state index contributed by atoms with van der Waals surface area (Å²) in [5.41, 5.74) is 5.72. The van der Waals surface area contributed by atoms with Crippen molar-refractivity contribution in [1.82, 2.24) is 19.4 Å². The molecular weight excluding hydrogens is 458 g/mol. The van der Waals surface area contributed by atoms with E-state index < -0.39 is 17.1 Å². The van der Waals surface area contributed by atoms with Gasteiger partial charge in [-0.1, -0.05) is 13.8 Å². The first kappa shape index (κ1) is 25.1. The third kappa shape index (κ3) is 4.84. The number of nitriles is 1. The number of pyridine rings is 1. The van der Waals surface area contributed by atoms with E-state index in [9.17, 15) is 19.2 Å². The molecule has 2 aromatic heterocycles. The van der Waals surface area contributed by atoms with Crippen LogP contribution in [0.2, 0.25) is 0 Å². The van der Waals surface area contributed by atoms with Gasteiger partial charge in [-0.15, -0.1) is 9.24 Å². The lowest BCUT2D eigenvalue weighted by Crippen LogP contribution is -2.46. The summed E-state index contributed by atoms with van der Waals surface area (Å²) in [5.74, 6) is 5.76. The SMILES string of the molecule is Cc1cncc(-n2c(=O)c(N(N)c3cc(F)c(P)cc3N)c(CNC(C)C)n(CC#N)c2=O)c1. The van der Waals surface area contributed by atoms with Gasteiger partial charge in [0.25, 0.3) is 5.56 Å². The first-order valence-electron chi connectivity index (χ1n) is 10.4. The molecule has 34 heavy (non-hydrogen) atoms. The highest BCUT2D eigenvalue weighted by Gasteiger charge is 2.26. The highest BCUT2D eigenvalue weighted by molar-refractivity contribution is 7.27. The number of nitrogens with two attached hydrogens (primary N) is 2. The minimum atomic E-state index is -0.760. The molecule has 12 heteroatoms. The molecule has 0 amide bonds. The summed E-state index contributed by atoms with van der Waals surface area (Å²) < 4.78 is 16.4. The van der Waals surface area contributed by atoms with Crippen LogP contribution in [0.3, 0.4) is 0 Å². The van der Waals surface area contributed by atoms with Crippen LogP contribution >= 0.6 is 9.24 Å². The van der Waals surface area contributed by atoms with E-state index in [2.05, 4.69) is 19.5 Å². The largest absolute Gasteiger partial charge is 0.397 e. The van der Waals surface area contributed by atoms with Crippen LogP contribution in [0.5, 0.6) is 0 Å². The van der Waals surface area contributed by atoms with Gasteiger partial charge in [0.2, 0.25) is 0 Å². The molecule has 0 radical (unpaired) electrons. The fourth-order valence-electron chi connectivity index (χ4n) is 3.45. The highest BCUT2D eigenvalue weighted by atomic mass is 31.0. The number of anilines is 3. The van der Waals surface area contributed by atoms with E-state index in [0.717, 1.165) is 25.8 Å². The van der Waals surface area contributed by atoms with Gasteiger partial charge in [-0.2, -0.15) is 5.26 Å². The molecule has 0 saturated carbocycles. The smallest absolute Gasteiger partial charge is 0.336 e. The second kappa shape index (κ2) is 10.1. The predicted molar refractivity (Wildman–Crippen MR) is 133 cm³/mol. The molecule has 10 nitrogen and oxygen atoms in total. The Balaban J connectivity index is 2.42. The van der Waals surface area contributed by atoms with Crippen LogP contribution < -0.4 is 38.5 Å². The molecule has 0 fully saturated rings. The fraction of sp³-hybridized carbons (Fsp3) is 0.273. The number of aromatic nitrogens is 3. The summed E-state index contributed by atoms with van der Waals surface area (Å²) >= 11 is 0. The quantitative estimate of drug-likeness (QED) is 0.194. The average Bonchev–Trinajstić information content (AvgIpc) is 2.76. The van der Waals surface area contributed by atoms with E-state index in [-0.39, 0.29) is 52.9 Å². The molecule has 0 aliphatic rings. The minimum Gasteiger partial charge on any atom is -0.397 e. The Hall–Kier alpha value is -3.58. The maximum Gasteiger partial charge on any atom is 0.336 e. The van der Waals surface area contributed by atoms with Gasteiger partial charge in [0.1, 0.15) is 18.0 Å². The summed E-state index contributed by atoms with van der Waals surface area (Å²) in [5, 5.41) is 13.8. The molecule has 3 rings (SSSR count). The zero-order valence-corrected chi connectivity index (χ0v) is 20.2. The number of nitrogen functional groups attached to an aromatic ring is 1. The molecule has 1 unspecified atom stereocenters. The second-order valence-corrected chi connectivity index (χ2v) is 8.64. The maximum atomic E-state index is 14.4. The van der Waals surface area contributed by atoms with Gasteiger partial charge in [-0.25, -0.2) is 19.6 Å². The molecule has 0 bridgehead atoms. The van der Waals surface area contributed by atoms with Crippen LogP contribution in [-0.2, 0) is 13.1 Å². The zero-order valence-electron chi connectivity index (χ0n) is 19.0. The molecule has 1 aromatic carbocycles. The number of halogens is 1.